The summed E-state index contributed by atoms with van der Waals surface area (Å²) in [5.74, 6) is 0.169. The average Bonchev–Trinajstić information content (AvgIpc) is 2.46. The van der Waals surface area contributed by atoms with Crippen molar-refractivity contribution in [2.75, 3.05) is 32.8 Å². The fourth-order valence-electron chi connectivity index (χ4n) is 1.92. The summed E-state index contributed by atoms with van der Waals surface area (Å²) in [7, 11) is 0. The Morgan fingerprint density at radius 3 is 2.35 bits per heavy atom. The van der Waals surface area contributed by atoms with Crippen LogP contribution >= 0.6 is 23.2 Å². The molecular formula is C13H14Cl2N2O3. The SMILES string of the molecule is O=CN1CCN(C(=O)COc2c(Cl)cccc2Cl)CC1. The molecule has 1 fully saturated rings. The minimum absolute atomic E-state index is 0.120. The second-order valence-electron chi connectivity index (χ2n) is 4.36. The lowest BCUT2D eigenvalue weighted by Gasteiger charge is -2.32. The molecule has 0 aliphatic carbocycles. The Morgan fingerprint density at radius 1 is 1.20 bits per heavy atom. The van der Waals surface area contributed by atoms with Gasteiger partial charge in [-0.05, 0) is 12.1 Å². The molecule has 0 atom stereocenters. The molecule has 2 amide bonds. The van der Waals surface area contributed by atoms with Crippen molar-refractivity contribution in [1.82, 2.24) is 9.80 Å². The van der Waals surface area contributed by atoms with E-state index in [0.29, 0.717) is 42.0 Å². The first-order valence-electron chi connectivity index (χ1n) is 6.15. The molecule has 108 valence electrons. The van der Waals surface area contributed by atoms with Crippen LogP contribution in [0.25, 0.3) is 0 Å². The molecule has 0 radical (unpaired) electrons. The van der Waals surface area contributed by atoms with Crippen LogP contribution in [-0.4, -0.2) is 54.9 Å². The van der Waals surface area contributed by atoms with Gasteiger partial charge in [0, 0.05) is 26.2 Å². The van der Waals surface area contributed by atoms with E-state index in [4.69, 9.17) is 27.9 Å². The van der Waals surface area contributed by atoms with Gasteiger partial charge >= 0.3 is 0 Å². The van der Waals surface area contributed by atoms with Gasteiger partial charge in [0.25, 0.3) is 5.91 Å². The highest BCUT2D eigenvalue weighted by Gasteiger charge is 2.21. The molecule has 2 rings (SSSR count). The summed E-state index contributed by atoms with van der Waals surface area (Å²) in [6.45, 7) is 1.99. The van der Waals surface area contributed by atoms with Crippen molar-refractivity contribution < 1.29 is 14.3 Å². The molecule has 1 aliphatic heterocycles. The lowest BCUT2D eigenvalue weighted by Crippen LogP contribution is -2.49. The van der Waals surface area contributed by atoms with E-state index in [1.54, 1.807) is 28.0 Å². The number of para-hydroxylation sites is 1. The average molecular weight is 317 g/mol. The van der Waals surface area contributed by atoms with Crippen molar-refractivity contribution in [2.45, 2.75) is 0 Å². The Morgan fingerprint density at radius 2 is 1.80 bits per heavy atom. The summed E-state index contributed by atoms with van der Waals surface area (Å²) in [6.07, 6.45) is 0.793. The van der Waals surface area contributed by atoms with E-state index in [9.17, 15) is 9.59 Å². The van der Waals surface area contributed by atoms with E-state index in [-0.39, 0.29) is 12.5 Å². The number of carbonyl (C=O) groups is 2. The van der Waals surface area contributed by atoms with Crippen LogP contribution in [0.3, 0.4) is 0 Å². The van der Waals surface area contributed by atoms with E-state index in [1.165, 1.54) is 0 Å². The van der Waals surface area contributed by atoms with E-state index in [0.717, 1.165) is 6.41 Å². The van der Waals surface area contributed by atoms with E-state index < -0.39 is 0 Å². The van der Waals surface area contributed by atoms with Crippen LogP contribution in [0.1, 0.15) is 0 Å². The minimum Gasteiger partial charge on any atom is -0.481 e. The molecule has 5 nitrogen and oxygen atoms in total. The van der Waals surface area contributed by atoms with Crippen molar-refractivity contribution in [3.8, 4) is 5.75 Å². The normalized spacial score (nSPS) is 15.1. The Balaban J connectivity index is 1.88. The third-order valence-corrected chi connectivity index (χ3v) is 3.67. The van der Waals surface area contributed by atoms with Crippen LogP contribution in [0.5, 0.6) is 5.75 Å². The van der Waals surface area contributed by atoms with Crippen LogP contribution in [-0.2, 0) is 9.59 Å². The highest BCUT2D eigenvalue weighted by Crippen LogP contribution is 2.32. The summed E-state index contributed by atoms with van der Waals surface area (Å²) in [6, 6.07) is 5.00. The van der Waals surface area contributed by atoms with Gasteiger partial charge in [0.15, 0.2) is 12.4 Å². The number of piperazine rings is 1. The Labute approximate surface area is 127 Å². The van der Waals surface area contributed by atoms with Gasteiger partial charge in [-0.2, -0.15) is 0 Å². The van der Waals surface area contributed by atoms with Gasteiger partial charge in [-0.3, -0.25) is 9.59 Å². The number of hydrogen-bond acceptors (Lipinski definition) is 3. The van der Waals surface area contributed by atoms with Gasteiger partial charge in [-0.25, -0.2) is 0 Å². The Kier molecular flexibility index (Phi) is 5.09. The third kappa shape index (κ3) is 3.55. The van der Waals surface area contributed by atoms with Gasteiger partial charge in [0.1, 0.15) is 0 Å². The molecule has 1 saturated heterocycles. The van der Waals surface area contributed by atoms with E-state index in [1.807, 2.05) is 0 Å². The number of nitrogens with zero attached hydrogens (tertiary/aromatic N) is 2. The second-order valence-corrected chi connectivity index (χ2v) is 5.18. The number of halogens is 2. The Hall–Kier alpha value is -1.46. The van der Waals surface area contributed by atoms with E-state index in [2.05, 4.69) is 0 Å². The quantitative estimate of drug-likeness (QED) is 0.794. The fourth-order valence-corrected chi connectivity index (χ4v) is 2.43. The molecule has 1 heterocycles. The summed E-state index contributed by atoms with van der Waals surface area (Å²) >= 11 is 11.9. The van der Waals surface area contributed by atoms with Crippen LogP contribution in [0.2, 0.25) is 10.0 Å². The number of ether oxygens (including phenoxy) is 1. The highest BCUT2D eigenvalue weighted by atomic mass is 35.5. The molecule has 7 heteroatoms. The molecule has 1 aromatic carbocycles. The van der Waals surface area contributed by atoms with Gasteiger partial charge in [-0.1, -0.05) is 29.3 Å². The zero-order chi connectivity index (χ0) is 14.5. The molecule has 0 aromatic heterocycles. The molecule has 20 heavy (non-hydrogen) atoms. The first kappa shape index (κ1) is 14.9. The molecule has 1 aromatic rings. The second kappa shape index (κ2) is 6.81. The molecule has 0 N–H and O–H groups in total. The molecule has 0 spiro atoms. The van der Waals surface area contributed by atoms with Gasteiger partial charge in [0.2, 0.25) is 6.41 Å². The lowest BCUT2D eigenvalue weighted by molar-refractivity contribution is -0.137. The number of amides is 2. The van der Waals surface area contributed by atoms with Gasteiger partial charge in [-0.15, -0.1) is 0 Å². The first-order chi connectivity index (χ1) is 9.61. The predicted octanol–water partition coefficient (Wildman–Crippen LogP) is 1.67. The molecular weight excluding hydrogens is 303 g/mol. The molecule has 0 unspecified atom stereocenters. The van der Waals surface area contributed by atoms with Crippen molar-refractivity contribution >= 4 is 35.5 Å². The van der Waals surface area contributed by atoms with Crippen LogP contribution in [0.15, 0.2) is 18.2 Å². The zero-order valence-corrected chi connectivity index (χ0v) is 12.2. The first-order valence-corrected chi connectivity index (χ1v) is 6.91. The van der Waals surface area contributed by atoms with Crippen molar-refractivity contribution in [1.29, 1.82) is 0 Å². The summed E-state index contributed by atoms with van der Waals surface area (Å²) < 4.78 is 5.40. The Bertz CT molecular complexity index is 482. The maximum Gasteiger partial charge on any atom is 0.260 e. The van der Waals surface area contributed by atoms with Crippen molar-refractivity contribution in [3.05, 3.63) is 28.2 Å². The molecule has 0 saturated carbocycles. The number of rotatable bonds is 4. The monoisotopic (exact) mass is 316 g/mol. The summed E-state index contributed by atoms with van der Waals surface area (Å²) in [4.78, 5) is 25.9. The van der Waals surface area contributed by atoms with Gasteiger partial charge < -0.3 is 14.5 Å². The molecule has 0 bridgehead atoms. The predicted molar refractivity (Wildman–Crippen MR) is 76.2 cm³/mol. The van der Waals surface area contributed by atoms with Crippen LogP contribution < -0.4 is 4.74 Å². The van der Waals surface area contributed by atoms with E-state index >= 15 is 0 Å². The number of benzene rings is 1. The zero-order valence-electron chi connectivity index (χ0n) is 10.7. The standard InChI is InChI=1S/C13H14Cl2N2O3/c14-10-2-1-3-11(15)13(10)20-8-12(19)17-6-4-16(9-18)5-7-17/h1-3,9H,4-8H2. The maximum absolute atomic E-state index is 12.0. The summed E-state index contributed by atoms with van der Waals surface area (Å²) in [5, 5.41) is 0.743. The molecule has 1 aliphatic rings. The van der Waals surface area contributed by atoms with Gasteiger partial charge in [0.05, 0.1) is 10.0 Å². The maximum atomic E-state index is 12.0. The van der Waals surface area contributed by atoms with Crippen molar-refractivity contribution in [3.63, 3.8) is 0 Å². The van der Waals surface area contributed by atoms with Crippen LogP contribution in [0.4, 0.5) is 0 Å². The number of hydrogen-bond donors (Lipinski definition) is 0. The lowest BCUT2D eigenvalue weighted by atomic mass is 10.3. The summed E-state index contributed by atoms with van der Waals surface area (Å²) in [5.41, 5.74) is 0. The van der Waals surface area contributed by atoms with Crippen molar-refractivity contribution in [2.24, 2.45) is 0 Å². The smallest absolute Gasteiger partial charge is 0.260 e. The third-order valence-electron chi connectivity index (χ3n) is 3.07. The van der Waals surface area contributed by atoms with Crippen LogP contribution in [0, 0.1) is 0 Å². The largest absolute Gasteiger partial charge is 0.481 e. The minimum atomic E-state index is -0.147. The fraction of sp³-hybridized carbons (Fsp3) is 0.385. The number of carbonyl (C=O) groups excluding carboxylic acids is 2. The topological polar surface area (TPSA) is 49.9 Å². The highest BCUT2D eigenvalue weighted by molar-refractivity contribution is 6.37.